The summed E-state index contributed by atoms with van der Waals surface area (Å²) in [5.41, 5.74) is 1.30. The third-order valence-corrected chi connectivity index (χ3v) is 2.06. The molecule has 0 radical (unpaired) electrons. The fourth-order valence-electron chi connectivity index (χ4n) is 1.42. The lowest BCUT2D eigenvalue weighted by molar-refractivity contribution is 0.0939. The van der Waals surface area contributed by atoms with Gasteiger partial charge in [-0.15, -0.1) is 0 Å². The monoisotopic (exact) mass is 203 g/mol. The van der Waals surface area contributed by atoms with Crippen LogP contribution in [0, 0.1) is 0 Å². The highest BCUT2D eigenvalue weighted by Crippen LogP contribution is 2.11. The van der Waals surface area contributed by atoms with E-state index in [9.17, 15) is 4.79 Å². The zero-order valence-corrected chi connectivity index (χ0v) is 8.74. The number of pyridine rings is 1. The smallest absolute Gasteiger partial charge is 0.267 e. The van der Waals surface area contributed by atoms with Crippen LogP contribution >= 0.6 is 0 Å². The van der Waals surface area contributed by atoms with Gasteiger partial charge in [0.2, 0.25) is 0 Å². The number of amides is 1. The van der Waals surface area contributed by atoms with Gasteiger partial charge in [-0.1, -0.05) is 0 Å². The summed E-state index contributed by atoms with van der Waals surface area (Å²) in [6.07, 6.45) is 1.70. The number of nitrogens with zero attached hydrogens (tertiary/aromatic N) is 1. The maximum absolute atomic E-state index is 11.7. The van der Waals surface area contributed by atoms with Crippen molar-refractivity contribution in [3.8, 4) is 0 Å². The predicted molar refractivity (Wildman–Crippen MR) is 58.7 cm³/mol. The van der Waals surface area contributed by atoms with Gasteiger partial charge in [-0.05, 0) is 32.0 Å². The fourth-order valence-corrected chi connectivity index (χ4v) is 1.42. The lowest BCUT2D eigenvalue weighted by Gasteiger charge is -2.05. The summed E-state index contributed by atoms with van der Waals surface area (Å²) in [5, 5.41) is 3.77. The van der Waals surface area contributed by atoms with Gasteiger partial charge in [-0.25, -0.2) is 4.98 Å². The number of hydrogen-bond acceptors (Lipinski definition) is 2. The van der Waals surface area contributed by atoms with E-state index in [2.05, 4.69) is 15.3 Å². The standard InChI is InChI=1S/C11H13N3O/c1-7(2)13-11(15)9-6-8-4-3-5-12-10(8)14-9/h3-7H,1-2H3,(H,12,14)(H,13,15). The van der Waals surface area contributed by atoms with E-state index in [0.717, 1.165) is 11.0 Å². The van der Waals surface area contributed by atoms with Crippen molar-refractivity contribution in [2.75, 3.05) is 0 Å². The van der Waals surface area contributed by atoms with E-state index in [1.54, 1.807) is 12.3 Å². The molecule has 4 nitrogen and oxygen atoms in total. The van der Waals surface area contributed by atoms with Gasteiger partial charge >= 0.3 is 0 Å². The molecule has 0 aliphatic carbocycles. The zero-order valence-electron chi connectivity index (χ0n) is 8.74. The average Bonchev–Trinajstić information content (AvgIpc) is 2.59. The third-order valence-electron chi connectivity index (χ3n) is 2.06. The molecule has 0 saturated carbocycles. The molecule has 15 heavy (non-hydrogen) atoms. The highest BCUT2D eigenvalue weighted by Gasteiger charge is 2.09. The van der Waals surface area contributed by atoms with Crippen molar-refractivity contribution in [2.45, 2.75) is 19.9 Å². The minimum Gasteiger partial charge on any atom is -0.349 e. The Balaban J connectivity index is 2.32. The topological polar surface area (TPSA) is 57.8 Å². The molecule has 0 fully saturated rings. The number of aromatic amines is 1. The molecule has 0 unspecified atom stereocenters. The molecule has 4 heteroatoms. The van der Waals surface area contributed by atoms with Crippen molar-refractivity contribution < 1.29 is 4.79 Å². The average molecular weight is 203 g/mol. The summed E-state index contributed by atoms with van der Waals surface area (Å²) in [5.74, 6) is -0.0944. The number of nitrogens with one attached hydrogen (secondary N) is 2. The number of carbonyl (C=O) groups excluding carboxylic acids is 1. The van der Waals surface area contributed by atoms with Gasteiger partial charge in [0, 0.05) is 17.6 Å². The van der Waals surface area contributed by atoms with Crippen LogP contribution in [0.1, 0.15) is 24.3 Å². The van der Waals surface area contributed by atoms with E-state index in [1.807, 2.05) is 26.0 Å². The van der Waals surface area contributed by atoms with Crippen LogP contribution < -0.4 is 5.32 Å². The third kappa shape index (κ3) is 1.98. The largest absolute Gasteiger partial charge is 0.349 e. The quantitative estimate of drug-likeness (QED) is 0.780. The fraction of sp³-hybridized carbons (Fsp3) is 0.273. The first-order valence-electron chi connectivity index (χ1n) is 4.91. The predicted octanol–water partition coefficient (Wildman–Crippen LogP) is 1.70. The first-order valence-corrected chi connectivity index (χ1v) is 4.91. The van der Waals surface area contributed by atoms with Gasteiger partial charge in [-0.2, -0.15) is 0 Å². The molecule has 0 spiro atoms. The number of fused-ring (bicyclic) bond motifs is 1. The molecule has 0 aliphatic rings. The molecule has 78 valence electrons. The number of H-pyrrole nitrogens is 1. The highest BCUT2D eigenvalue weighted by atomic mass is 16.1. The molecule has 2 rings (SSSR count). The molecule has 1 amide bonds. The minimum atomic E-state index is -0.0944. The van der Waals surface area contributed by atoms with E-state index < -0.39 is 0 Å². The number of carbonyl (C=O) groups is 1. The van der Waals surface area contributed by atoms with E-state index in [-0.39, 0.29) is 11.9 Å². The maximum atomic E-state index is 11.7. The molecule has 0 saturated heterocycles. The SMILES string of the molecule is CC(C)NC(=O)c1cc2cccnc2[nH]1. The van der Waals surface area contributed by atoms with Gasteiger partial charge < -0.3 is 10.3 Å². The van der Waals surface area contributed by atoms with Crippen molar-refractivity contribution in [2.24, 2.45) is 0 Å². The van der Waals surface area contributed by atoms with E-state index in [4.69, 9.17) is 0 Å². The van der Waals surface area contributed by atoms with Crippen molar-refractivity contribution in [3.63, 3.8) is 0 Å². The summed E-state index contributed by atoms with van der Waals surface area (Å²) >= 11 is 0. The van der Waals surface area contributed by atoms with Crippen molar-refractivity contribution >= 4 is 16.9 Å². The summed E-state index contributed by atoms with van der Waals surface area (Å²) in [6.45, 7) is 3.86. The molecule has 2 aromatic heterocycles. The van der Waals surface area contributed by atoms with Crippen molar-refractivity contribution in [1.82, 2.24) is 15.3 Å². The Labute approximate surface area is 87.7 Å². The Hall–Kier alpha value is -1.84. The second-order valence-electron chi connectivity index (χ2n) is 3.75. The van der Waals surface area contributed by atoms with Crippen LogP contribution in [0.25, 0.3) is 11.0 Å². The van der Waals surface area contributed by atoms with Gasteiger partial charge in [0.25, 0.3) is 5.91 Å². The van der Waals surface area contributed by atoms with Crippen molar-refractivity contribution in [3.05, 3.63) is 30.1 Å². The Morgan fingerprint density at radius 2 is 2.33 bits per heavy atom. The Morgan fingerprint density at radius 1 is 1.53 bits per heavy atom. The Bertz CT molecular complexity index is 454. The Kier molecular flexibility index (Phi) is 2.41. The lowest BCUT2D eigenvalue weighted by Crippen LogP contribution is -2.30. The van der Waals surface area contributed by atoms with Crippen LogP contribution in [0.3, 0.4) is 0 Å². The zero-order chi connectivity index (χ0) is 10.8. The van der Waals surface area contributed by atoms with Gasteiger partial charge in [0.1, 0.15) is 11.3 Å². The van der Waals surface area contributed by atoms with Crippen molar-refractivity contribution in [1.29, 1.82) is 0 Å². The van der Waals surface area contributed by atoms with E-state index in [0.29, 0.717) is 5.69 Å². The second-order valence-corrected chi connectivity index (χ2v) is 3.75. The molecule has 2 N–H and O–H groups in total. The van der Waals surface area contributed by atoms with Gasteiger partial charge in [-0.3, -0.25) is 4.79 Å². The van der Waals surface area contributed by atoms with E-state index in [1.165, 1.54) is 0 Å². The summed E-state index contributed by atoms with van der Waals surface area (Å²) in [4.78, 5) is 18.8. The van der Waals surface area contributed by atoms with E-state index >= 15 is 0 Å². The molecule has 0 atom stereocenters. The number of aromatic nitrogens is 2. The first-order chi connectivity index (χ1) is 7.16. The Morgan fingerprint density at radius 3 is 3.00 bits per heavy atom. The molecule has 0 aliphatic heterocycles. The molecule has 2 heterocycles. The van der Waals surface area contributed by atoms with Crippen LogP contribution in [0.15, 0.2) is 24.4 Å². The van der Waals surface area contributed by atoms with Crippen LogP contribution in [-0.2, 0) is 0 Å². The second kappa shape index (κ2) is 3.73. The number of hydrogen-bond donors (Lipinski definition) is 2. The van der Waals surface area contributed by atoms with Crippen LogP contribution in [0.4, 0.5) is 0 Å². The summed E-state index contributed by atoms with van der Waals surface area (Å²) in [6, 6.07) is 5.71. The van der Waals surface area contributed by atoms with Crippen LogP contribution in [0.2, 0.25) is 0 Å². The molecular weight excluding hydrogens is 190 g/mol. The highest BCUT2D eigenvalue weighted by molar-refractivity contribution is 5.97. The first kappa shape index (κ1) is 9.71. The van der Waals surface area contributed by atoms with Crippen LogP contribution in [-0.4, -0.2) is 21.9 Å². The van der Waals surface area contributed by atoms with Gasteiger partial charge in [0.15, 0.2) is 0 Å². The normalized spacial score (nSPS) is 10.9. The molecule has 0 bridgehead atoms. The minimum absolute atomic E-state index is 0.0944. The molecule has 0 aromatic carbocycles. The molecule has 2 aromatic rings. The number of rotatable bonds is 2. The molecular formula is C11H13N3O. The lowest BCUT2D eigenvalue weighted by atomic mass is 10.3. The summed E-state index contributed by atoms with van der Waals surface area (Å²) < 4.78 is 0. The summed E-state index contributed by atoms with van der Waals surface area (Å²) in [7, 11) is 0. The maximum Gasteiger partial charge on any atom is 0.267 e. The van der Waals surface area contributed by atoms with Crippen LogP contribution in [0.5, 0.6) is 0 Å². The van der Waals surface area contributed by atoms with Gasteiger partial charge in [0.05, 0.1) is 0 Å².